The maximum Gasteiger partial charge on any atom is 0.271 e. The monoisotopic (exact) mass is 318 g/mol. The first-order valence-electron chi connectivity index (χ1n) is 7.35. The van der Waals surface area contributed by atoms with Crippen molar-refractivity contribution in [2.45, 2.75) is 32.7 Å². The number of amides is 1. The number of carbonyl (C=O) groups excluding carboxylic acids is 1. The van der Waals surface area contributed by atoms with Crippen LogP contribution < -0.4 is 10.9 Å². The Labute approximate surface area is 134 Å². The van der Waals surface area contributed by atoms with Gasteiger partial charge in [0.05, 0.1) is 0 Å². The molecule has 1 amide bonds. The van der Waals surface area contributed by atoms with Gasteiger partial charge in [0.15, 0.2) is 0 Å². The lowest BCUT2D eigenvalue weighted by Gasteiger charge is -2.19. The average molecular weight is 318 g/mol. The van der Waals surface area contributed by atoms with E-state index < -0.39 is 23.1 Å². The number of hydrogen-bond acceptors (Lipinski definition) is 2. The molecule has 0 saturated heterocycles. The van der Waals surface area contributed by atoms with Crippen LogP contribution in [0.15, 0.2) is 42.5 Å². The molecule has 5 heteroatoms. The second-order valence-electron chi connectivity index (χ2n) is 6.35. The predicted molar refractivity (Wildman–Crippen MR) is 85.8 cm³/mol. The van der Waals surface area contributed by atoms with Crippen LogP contribution in [-0.4, -0.2) is 5.91 Å². The molecule has 0 fully saturated rings. The maximum atomic E-state index is 13.5. The van der Waals surface area contributed by atoms with Crippen molar-refractivity contribution in [3.63, 3.8) is 0 Å². The number of benzene rings is 2. The lowest BCUT2D eigenvalue weighted by molar-refractivity contribution is 0.0923. The van der Waals surface area contributed by atoms with Crippen molar-refractivity contribution in [3.05, 3.63) is 70.8 Å². The first kappa shape index (κ1) is 17.1. The maximum absolute atomic E-state index is 13.5. The van der Waals surface area contributed by atoms with Gasteiger partial charge in [-0.15, -0.1) is 0 Å². The molecular weight excluding hydrogens is 298 g/mol. The third kappa shape index (κ3) is 4.36. The van der Waals surface area contributed by atoms with Gasteiger partial charge in [-0.1, -0.05) is 51.1 Å². The number of carbonyl (C=O) groups is 1. The van der Waals surface area contributed by atoms with E-state index in [1.807, 2.05) is 24.3 Å². The van der Waals surface area contributed by atoms with E-state index in [1.165, 1.54) is 11.6 Å². The van der Waals surface area contributed by atoms with Crippen molar-refractivity contribution < 1.29 is 13.6 Å². The minimum absolute atomic E-state index is 0.0720. The zero-order valence-corrected chi connectivity index (χ0v) is 13.4. The van der Waals surface area contributed by atoms with Crippen molar-refractivity contribution in [2.24, 2.45) is 0 Å². The molecule has 0 spiro atoms. The Balaban J connectivity index is 1.93. The SMILES string of the molecule is CC(C)(C)c1ccc(CNNC(=O)c2c(F)cccc2F)cc1. The zero-order valence-electron chi connectivity index (χ0n) is 13.4. The van der Waals surface area contributed by atoms with Gasteiger partial charge in [-0.25, -0.2) is 14.2 Å². The smallest absolute Gasteiger partial charge is 0.271 e. The normalized spacial score (nSPS) is 11.3. The topological polar surface area (TPSA) is 41.1 Å². The highest BCUT2D eigenvalue weighted by molar-refractivity contribution is 5.94. The summed E-state index contributed by atoms with van der Waals surface area (Å²) in [5.74, 6) is -2.62. The third-order valence-corrected chi connectivity index (χ3v) is 3.50. The van der Waals surface area contributed by atoms with E-state index >= 15 is 0 Å². The average Bonchev–Trinajstić information content (AvgIpc) is 2.46. The number of nitrogens with one attached hydrogen (secondary N) is 2. The Morgan fingerprint density at radius 3 is 2.09 bits per heavy atom. The molecule has 0 aliphatic rings. The van der Waals surface area contributed by atoms with Crippen LogP contribution in [0.5, 0.6) is 0 Å². The van der Waals surface area contributed by atoms with Crippen LogP contribution in [0.2, 0.25) is 0 Å². The second-order valence-corrected chi connectivity index (χ2v) is 6.35. The molecule has 0 aliphatic carbocycles. The molecule has 0 atom stereocenters. The lowest BCUT2D eigenvalue weighted by atomic mass is 9.87. The van der Waals surface area contributed by atoms with E-state index in [1.54, 1.807) is 0 Å². The molecule has 0 heterocycles. The summed E-state index contributed by atoms with van der Waals surface area (Å²) in [7, 11) is 0. The van der Waals surface area contributed by atoms with Gasteiger partial charge in [0, 0.05) is 6.54 Å². The molecule has 2 N–H and O–H groups in total. The first-order chi connectivity index (χ1) is 10.8. The lowest BCUT2D eigenvalue weighted by Crippen LogP contribution is -2.37. The van der Waals surface area contributed by atoms with Crippen molar-refractivity contribution in [1.82, 2.24) is 10.9 Å². The second kappa shape index (κ2) is 6.87. The molecule has 2 aromatic rings. The van der Waals surface area contributed by atoms with Crippen molar-refractivity contribution in [3.8, 4) is 0 Å². The third-order valence-electron chi connectivity index (χ3n) is 3.50. The van der Waals surface area contributed by atoms with Crippen LogP contribution >= 0.6 is 0 Å². The fourth-order valence-corrected chi connectivity index (χ4v) is 2.13. The van der Waals surface area contributed by atoms with Crippen molar-refractivity contribution in [2.75, 3.05) is 0 Å². The Bertz CT molecular complexity index is 671. The van der Waals surface area contributed by atoms with E-state index in [0.29, 0.717) is 6.54 Å². The van der Waals surface area contributed by atoms with Crippen LogP contribution in [-0.2, 0) is 12.0 Å². The zero-order chi connectivity index (χ0) is 17.0. The largest absolute Gasteiger partial charge is 0.287 e. The van der Waals surface area contributed by atoms with Crippen LogP contribution in [0, 0.1) is 11.6 Å². The Kier molecular flexibility index (Phi) is 5.11. The molecule has 0 aromatic heterocycles. The number of hydrogen-bond donors (Lipinski definition) is 2. The standard InChI is InChI=1S/C18H20F2N2O/c1-18(2,3)13-9-7-12(8-10-13)11-21-22-17(23)16-14(19)5-4-6-15(16)20/h4-10,21H,11H2,1-3H3,(H,22,23). The summed E-state index contributed by atoms with van der Waals surface area (Å²) in [6.45, 7) is 6.74. The molecule has 0 unspecified atom stereocenters. The summed E-state index contributed by atoms with van der Waals surface area (Å²) in [6, 6.07) is 11.2. The van der Waals surface area contributed by atoms with Gasteiger partial charge in [0.25, 0.3) is 5.91 Å². The van der Waals surface area contributed by atoms with Crippen LogP contribution in [0.25, 0.3) is 0 Å². The number of halogens is 2. The van der Waals surface area contributed by atoms with Crippen LogP contribution in [0.3, 0.4) is 0 Å². The molecule has 0 aliphatic heterocycles. The van der Waals surface area contributed by atoms with Gasteiger partial charge in [-0.3, -0.25) is 10.2 Å². The summed E-state index contributed by atoms with van der Waals surface area (Å²) >= 11 is 0. The fourth-order valence-electron chi connectivity index (χ4n) is 2.13. The Morgan fingerprint density at radius 2 is 1.57 bits per heavy atom. The van der Waals surface area contributed by atoms with Gasteiger partial charge < -0.3 is 0 Å². The van der Waals surface area contributed by atoms with E-state index in [-0.39, 0.29) is 5.41 Å². The molecular formula is C18H20F2N2O. The van der Waals surface area contributed by atoms with E-state index in [9.17, 15) is 13.6 Å². The van der Waals surface area contributed by atoms with Crippen LogP contribution in [0.1, 0.15) is 42.3 Å². The molecule has 2 rings (SSSR count). The minimum atomic E-state index is -0.890. The molecule has 3 nitrogen and oxygen atoms in total. The highest BCUT2D eigenvalue weighted by Gasteiger charge is 2.16. The summed E-state index contributed by atoms with van der Waals surface area (Å²) in [5.41, 5.74) is 6.62. The molecule has 0 radical (unpaired) electrons. The summed E-state index contributed by atoms with van der Waals surface area (Å²) < 4.78 is 27.0. The van der Waals surface area contributed by atoms with E-state index in [0.717, 1.165) is 17.7 Å². The quantitative estimate of drug-likeness (QED) is 0.844. The fraction of sp³-hybridized carbons (Fsp3) is 0.278. The Morgan fingerprint density at radius 1 is 1.00 bits per heavy atom. The van der Waals surface area contributed by atoms with Crippen molar-refractivity contribution in [1.29, 1.82) is 0 Å². The molecule has 2 aromatic carbocycles. The molecule has 122 valence electrons. The van der Waals surface area contributed by atoms with E-state index in [4.69, 9.17) is 0 Å². The molecule has 0 saturated carbocycles. The summed E-state index contributed by atoms with van der Waals surface area (Å²) in [4.78, 5) is 11.8. The highest BCUT2D eigenvalue weighted by Crippen LogP contribution is 2.22. The van der Waals surface area contributed by atoms with Crippen molar-refractivity contribution >= 4 is 5.91 Å². The van der Waals surface area contributed by atoms with E-state index in [2.05, 4.69) is 31.6 Å². The summed E-state index contributed by atoms with van der Waals surface area (Å²) in [6.07, 6.45) is 0. The van der Waals surface area contributed by atoms with Gasteiger partial charge in [-0.2, -0.15) is 0 Å². The molecule has 0 bridgehead atoms. The molecule has 23 heavy (non-hydrogen) atoms. The number of rotatable bonds is 4. The minimum Gasteiger partial charge on any atom is -0.287 e. The number of hydrazine groups is 1. The highest BCUT2D eigenvalue weighted by atomic mass is 19.1. The van der Waals surface area contributed by atoms with Crippen LogP contribution in [0.4, 0.5) is 8.78 Å². The first-order valence-corrected chi connectivity index (χ1v) is 7.35. The van der Waals surface area contributed by atoms with Gasteiger partial charge in [0.1, 0.15) is 17.2 Å². The Hall–Kier alpha value is -2.27. The summed E-state index contributed by atoms with van der Waals surface area (Å²) in [5, 5.41) is 0. The predicted octanol–water partition coefficient (Wildman–Crippen LogP) is 3.70. The van der Waals surface area contributed by atoms with Gasteiger partial charge in [0.2, 0.25) is 0 Å². The van der Waals surface area contributed by atoms with Gasteiger partial charge in [-0.05, 0) is 28.7 Å². The van der Waals surface area contributed by atoms with Gasteiger partial charge >= 0.3 is 0 Å².